The van der Waals surface area contributed by atoms with Gasteiger partial charge in [0.2, 0.25) is 5.53 Å². The van der Waals surface area contributed by atoms with Gasteiger partial charge in [-0.1, -0.05) is 20.8 Å². The molecule has 2 bridgehead atoms. The van der Waals surface area contributed by atoms with Gasteiger partial charge in [-0.3, -0.25) is 4.79 Å². The average Bonchev–Trinajstić information content (AvgIpc) is 2.14. The first kappa shape index (κ1) is 16.8. The maximum atomic E-state index is 12.8. The number of carbonyl (C=O) groups is 1. The van der Waals surface area contributed by atoms with Crippen LogP contribution in [0.2, 0.25) is 11.6 Å². The van der Waals surface area contributed by atoms with Crippen LogP contribution in [0.4, 0.5) is 18.0 Å². The van der Waals surface area contributed by atoms with Crippen molar-refractivity contribution in [1.82, 2.24) is 0 Å². The quantitative estimate of drug-likeness (QED) is 0.772. The van der Waals surface area contributed by atoms with Crippen LogP contribution in [0, 0.1) is 10.8 Å². The zero-order valence-corrected chi connectivity index (χ0v) is 14.1. The Balaban J connectivity index is 1.86. The molecule has 7 heteroatoms. The molecule has 0 aromatic carbocycles. The molecular weight excluding hydrogens is 299 g/mol. The maximum absolute atomic E-state index is 12.8. The predicted octanol–water partition coefficient (Wildman–Crippen LogP) is 4.16. The number of alkyl halides is 3. The summed E-state index contributed by atoms with van der Waals surface area (Å²) in [6, 6.07) is 0. The molecule has 1 atom stereocenters. The molecule has 3 rings (SSSR count). The molecule has 122 valence electrons. The fourth-order valence-corrected chi connectivity index (χ4v) is 5.52. The van der Waals surface area contributed by atoms with Gasteiger partial charge >= 0.3 is 6.18 Å². The first-order valence-corrected chi connectivity index (χ1v) is 9.69. The molecule has 3 aliphatic rings. The molecule has 3 saturated carbocycles. The number of hydrogen-bond donors (Lipinski definition) is 1. The molecular formula is C14H24F3NO2Si. The summed E-state index contributed by atoms with van der Waals surface area (Å²) < 4.78 is 44.2. The van der Waals surface area contributed by atoms with Crippen molar-refractivity contribution < 1.29 is 22.4 Å². The smallest absolute Gasteiger partial charge is 0.394 e. The van der Waals surface area contributed by atoms with Crippen LogP contribution in [0.3, 0.4) is 0 Å². The molecule has 21 heavy (non-hydrogen) atoms. The Morgan fingerprint density at radius 2 is 1.71 bits per heavy atom. The van der Waals surface area contributed by atoms with E-state index in [1.807, 2.05) is 20.8 Å². The summed E-state index contributed by atoms with van der Waals surface area (Å²) in [5.41, 5.74) is 3.46. The Morgan fingerprint density at radius 3 is 2.05 bits per heavy atom. The topological polar surface area (TPSA) is 52.3 Å². The fraction of sp³-hybridized carbons (Fsp3) is 0.929. The van der Waals surface area contributed by atoms with Gasteiger partial charge in [0.05, 0.1) is 5.41 Å². The largest absolute Gasteiger partial charge is 0.407 e. The van der Waals surface area contributed by atoms with Crippen LogP contribution >= 0.6 is 0 Å². The van der Waals surface area contributed by atoms with Gasteiger partial charge in [0.25, 0.3) is 8.32 Å². The van der Waals surface area contributed by atoms with Crippen LogP contribution in [0.5, 0.6) is 0 Å². The van der Waals surface area contributed by atoms with Crippen molar-refractivity contribution in [2.75, 3.05) is 6.61 Å². The Morgan fingerprint density at radius 1 is 1.24 bits per heavy atom. The monoisotopic (exact) mass is 323 g/mol. The molecule has 1 amide bonds. The summed E-state index contributed by atoms with van der Waals surface area (Å²) in [6.45, 7) is 7.88. The highest BCUT2D eigenvalue weighted by atomic mass is 28.4. The van der Waals surface area contributed by atoms with Gasteiger partial charge in [0.15, 0.2) is 0 Å². The van der Waals surface area contributed by atoms with E-state index in [4.69, 9.17) is 10.2 Å². The predicted molar refractivity (Wildman–Crippen MR) is 76.3 cm³/mol. The molecule has 0 aromatic heterocycles. The highest BCUT2D eigenvalue weighted by Gasteiger charge is 2.77. The summed E-state index contributed by atoms with van der Waals surface area (Å²) in [4.78, 5) is 11.7. The number of carbonyl (C=O) groups excluding carboxylic acids is 1. The molecule has 0 radical (unpaired) electrons. The minimum atomic E-state index is -4.07. The number of hydrogen-bond acceptors (Lipinski definition) is 2. The molecule has 0 saturated heterocycles. The summed E-state index contributed by atoms with van der Waals surface area (Å²) in [5, 5.41) is -0.328. The maximum Gasteiger partial charge on any atom is 0.394 e. The van der Waals surface area contributed by atoms with Gasteiger partial charge < -0.3 is 10.2 Å². The number of amides is 1. The zero-order chi connectivity index (χ0) is 16.3. The van der Waals surface area contributed by atoms with E-state index in [-0.39, 0.29) is 29.7 Å². The second-order valence-electron chi connectivity index (χ2n) is 8.05. The van der Waals surface area contributed by atoms with E-state index in [9.17, 15) is 18.0 Å². The van der Waals surface area contributed by atoms with Gasteiger partial charge in [-0.25, -0.2) is 0 Å². The van der Waals surface area contributed by atoms with Crippen molar-refractivity contribution in [1.29, 1.82) is 0 Å². The minimum Gasteiger partial charge on any atom is -0.407 e. The van der Waals surface area contributed by atoms with Crippen LogP contribution in [0.1, 0.15) is 46.5 Å². The van der Waals surface area contributed by atoms with E-state index in [1.54, 1.807) is 6.55 Å². The second-order valence-corrected chi connectivity index (χ2v) is 12.4. The van der Waals surface area contributed by atoms with Gasteiger partial charge in [-0.05, 0) is 42.7 Å². The lowest BCUT2D eigenvalue weighted by molar-refractivity contribution is -0.365. The molecule has 3 fully saturated rings. The summed E-state index contributed by atoms with van der Waals surface area (Å²) in [5.74, 6) is 0. The molecule has 0 unspecified atom stereocenters. The van der Waals surface area contributed by atoms with E-state index in [2.05, 4.69) is 0 Å². The fourth-order valence-electron chi connectivity index (χ4n) is 3.69. The van der Waals surface area contributed by atoms with Crippen molar-refractivity contribution in [2.24, 2.45) is 16.6 Å². The molecule has 2 N–H and O–H groups in total. The lowest BCUT2D eigenvalue weighted by Gasteiger charge is -2.71. The van der Waals surface area contributed by atoms with Crippen LogP contribution < -0.4 is 5.73 Å². The van der Waals surface area contributed by atoms with E-state index < -0.39 is 25.4 Å². The molecule has 0 spiro atoms. The van der Waals surface area contributed by atoms with Gasteiger partial charge in [-0.2, -0.15) is 13.2 Å². The summed E-state index contributed by atoms with van der Waals surface area (Å²) in [7, 11) is -2.74. The average molecular weight is 323 g/mol. The lowest BCUT2D eigenvalue weighted by Crippen LogP contribution is -2.68. The van der Waals surface area contributed by atoms with Crippen molar-refractivity contribution in [3.05, 3.63) is 0 Å². The number of rotatable bonds is 5. The van der Waals surface area contributed by atoms with E-state index >= 15 is 0 Å². The third kappa shape index (κ3) is 2.42. The van der Waals surface area contributed by atoms with Crippen molar-refractivity contribution in [2.45, 2.75) is 64.2 Å². The Labute approximate surface area is 124 Å². The third-order valence-electron chi connectivity index (χ3n) is 5.67. The van der Waals surface area contributed by atoms with E-state index in [0.29, 0.717) is 13.0 Å². The summed E-state index contributed by atoms with van der Waals surface area (Å²) in [6.07, 6.45) is -2.82. The van der Waals surface area contributed by atoms with Crippen molar-refractivity contribution >= 4 is 13.8 Å². The standard InChI is InChI=1S/C14H24F3NO2Si/c1-11(2,3)21(4,10(18)19)20-6-5-12-7-13(8-12,9-12)14(15,16)17/h5-9H2,1-4H3,(H2,18,19)/t12?,13?,21-/m1/s1. The number of halogens is 3. The van der Waals surface area contributed by atoms with E-state index in [0.717, 1.165) is 0 Å². The molecule has 0 aliphatic heterocycles. The second kappa shape index (κ2) is 4.47. The normalized spacial score (nSPS) is 34.6. The first-order chi connectivity index (χ1) is 9.27. The van der Waals surface area contributed by atoms with Crippen LogP contribution in [0.25, 0.3) is 0 Å². The van der Waals surface area contributed by atoms with Crippen LogP contribution in [-0.2, 0) is 4.43 Å². The zero-order valence-electron chi connectivity index (χ0n) is 13.1. The van der Waals surface area contributed by atoms with Gasteiger partial charge in [0.1, 0.15) is 0 Å². The molecule has 0 heterocycles. The van der Waals surface area contributed by atoms with Gasteiger partial charge in [-0.15, -0.1) is 0 Å². The highest BCUT2D eigenvalue weighted by molar-refractivity contribution is 7.02. The third-order valence-corrected chi connectivity index (χ3v) is 10.3. The minimum absolute atomic E-state index is 0.208. The molecule has 0 aromatic rings. The molecule has 3 aliphatic carbocycles. The Bertz CT molecular complexity index is 438. The summed E-state index contributed by atoms with van der Waals surface area (Å²) >= 11 is 0. The Kier molecular flexibility index (Phi) is 3.58. The number of primary amides is 1. The van der Waals surface area contributed by atoms with Crippen molar-refractivity contribution in [3.8, 4) is 0 Å². The molecule has 3 nitrogen and oxygen atoms in total. The van der Waals surface area contributed by atoms with Gasteiger partial charge in [0, 0.05) is 6.61 Å². The first-order valence-electron chi connectivity index (χ1n) is 7.28. The Hall–Kier alpha value is -0.563. The van der Waals surface area contributed by atoms with Crippen LogP contribution in [0.15, 0.2) is 0 Å². The van der Waals surface area contributed by atoms with E-state index in [1.165, 1.54) is 0 Å². The van der Waals surface area contributed by atoms with Crippen molar-refractivity contribution in [3.63, 3.8) is 0 Å². The lowest BCUT2D eigenvalue weighted by atomic mass is 9.34. The SMILES string of the molecule is CC(C)(C)[Si@](C)(OCCC12CC(C(F)(F)F)(C1)C2)C(N)=O. The van der Waals surface area contributed by atoms with Crippen LogP contribution in [-0.4, -0.2) is 26.6 Å². The number of nitrogens with two attached hydrogens (primary N) is 1. The highest BCUT2D eigenvalue weighted by Crippen LogP contribution is 2.79.